The summed E-state index contributed by atoms with van der Waals surface area (Å²) in [4.78, 5) is 0. The van der Waals surface area contributed by atoms with Crippen LogP contribution in [0.2, 0.25) is 0 Å². The molecule has 3 aromatic rings. The molecule has 0 unspecified atom stereocenters. The molecule has 0 spiro atoms. The van der Waals surface area contributed by atoms with Gasteiger partial charge in [0.2, 0.25) is 0 Å². The molecule has 0 aliphatic carbocycles. The van der Waals surface area contributed by atoms with E-state index >= 15 is 0 Å². The van der Waals surface area contributed by atoms with Crippen molar-refractivity contribution >= 4 is 22.9 Å². The molecule has 0 N–H and O–H groups in total. The summed E-state index contributed by atoms with van der Waals surface area (Å²) in [5.74, 6) is 0. The lowest BCUT2D eigenvalue weighted by molar-refractivity contribution is 1.66. The minimum Gasteiger partial charge on any atom is -0.120 e. The molecule has 0 atom stereocenters. The third-order valence-electron chi connectivity index (χ3n) is 3.07. The second-order valence-electron chi connectivity index (χ2n) is 4.47. The Labute approximate surface area is 113 Å². The molecule has 0 radical (unpaired) electrons. The van der Waals surface area contributed by atoms with Crippen LogP contribution in [0.3, 0.4) is 0 Å². The van der Waals surface area contributed by atoms with E-state index in [1.165, 1.54) is 21.9 Å². The van der Waals surface area contributed by atoms with Crippen LogP contribution in [-0.2, 0) is 0 Å². The summed E-state index contributed by atoms with van der Waals surface area (Å²) in [6.45, 7) is 0. The lowest BCUT2D eigenvalue weighted by Crippen LogP contribution is -1.74. The number of hydrogen-bond donors (Lipinski definition) is 0. The molecule has 0 nitrogen and oxygen atoms in total. The van der Waals surface area contributed by atoms with Gasteiger partial charge in [0, 0.05) is 0 Å². The second-order valence-corrected chi connectivity index (χ2v) is 4.47. The van der Waals surface area contributed by atoms with Crippen LogP contribution in [0.15, 0.2) is 78.5 Å². The minimum atomic E-state index is 1.17. The maximum absolute atomic E-state index is 3.23. The first kappa shape index (κ1) is 11.5. The van der Waals surface area contributed by atoms with Crippen molar-refractivity contribution < 1.29 is 0 Å². The first-order valence-electron chi connectivity index (χ1n) is 6.38. The van der Waals surface area contributed by atoms with Crippen LogP contribution in [0.4, 0.5) is 0 Å². The van der Waals surface area contributed by atoms with Crippen molar-refractivity contribution in [1.82, 2.24) is 0 Å². The molecule has 19 heavy (non-hydrogen) atoms. The molecular formula is C19H14. The fraction of sp³-hybridized carbons (Fsp3) is 0. The molecule has 3 rings (SSSR count). The van der Waals surface area contributed by atoms with Crippen molar-refractivity contribution in [2.45, 2.75) is 0 Å². The Balaban J connectivity index is 1.91. The van der Waals surface area contributed by atoms with Gasteiger partial charge in [-0.1, -0.05) is 66.7 Å². The third-order valence-corrected chi connectivity index (χ3v) is 3.07. The van der Waals surface area contributed by atoms with E-state index < -0.39 is 0 Å². The molecule has 0 fully saturated rings. The van der Waals surface area contributed by atoms with Crippen molar-refractivity contribution in [2.24, 2.45) is 0 Å². The van der Waals surface area contributed by atoms with Gasteiger partial charge in [-0.05, 0) is 40.1 Å². The Morgan fingerprint density at radius 3 is 2.11 bits per heavy atom. The van der Waals surface area contributed by atoms with Crippen LogP contribution >= 0.6 is 0 Å². The summed E-state index contributed by atoms with van der Waals surface area (Å²) in [5, 5.41) is 2.53. The molecule has 0 aromatic heterocycles. The number of rotatable bonds is 2. The van der Waals surface area contributed by atoms with Gasteiger partial charge in [-0.2, -0.15) is 0 Å². The zero-order chi connectivity index (χ0) is 12.9. The zero-order valence-electron chi connectivity index (χ0n) is 10.6. The van der Waals surface area contributed by atoms with Crippen LogP contribution in [0.1, 0.15) is 11.1 Å². The first-order valence-corrected chi connectivity index (χ1v) is 6.38. The average Bonchev–Trinajstić information content (AvgIpc) is 2.48. The van der Waals surface area contributed by atoms with E-state index in [1.807, 2.05) is 30.4 Å². The van der Waals surface area contributed by atoms with Gasteiger partial charge in [0.05, 0.1) is 0 Å². The van der Waals surface area contributed by atoms with Gasteiger partial charge in [0.15, 0.2) is 0 Å². The van der Waals surface area contributed by atoms with E-state index in [-0.39, 0.29) is 0 Å². The highest BCUT2D eigenvalue weighted by Crippen LogP contribution is 2.16. The van der Waals surface area contributed by atoms with Gasteiger partial charge in [-0.25, -0.2) is 0 Å². The maximum Gasteiger partial charge on any atom is -0.0127 e. The van der Waals surface area contributed by atoms with Crippen LogP contribution in [0, 0.1) is 0 Å². The Hall–Kier alpha value is -2.56. The van der Waals surface area contributed by atoms with Gasteiger partial charge >= 0.3 is 0 Å². The molecule has 3 aromatic carbocycles. The van der Waals surface area contributed by atoms with Crippen molar-refractivity contribution in [3.8, 4) is 0 Å². The molecular weight excluding hydrogens is 228 g/mol. The van der Waals surface area contributed by atoms with Gasteiger partial charge in [-0.3, -0.25) is 0 Å². The lowest BCUT2D eigenvalue weighted by atomic mass is 10.1. The topological polar surface area (TPSA) is 0 Å². The Bertz CT molecular complexity index is 745. The SMILES string of the molecule is C(=Cc1ccccc1)=Cc1ccc2ccccc2c1. The van der Waals surface area contributed by atoms with Gasteiger partial charge < -0.3 is 0 Å². The molecule has 0 saturated carbocycles. The van der Waals surface area contributed by atoms with Crippen molar-refractivity contribution in [3.63, 3.8) is 0 Å². The van der Waals surface area contributed by atoms with Gasteiger partial charge in [-0.15, -0.1) is 5.73 Å². The van der Waals surface area contributed by atoms with E-state index in [1.54, 1.807) is 0 Å². The average molecular weight is 242 g/mol. The Kier molecular flexibility index (Phi) is 3.27. The predicted molar refractivity (Wildman–Crippen MR) is 82.8 cm³/mol. The fourth-order valence-electron chi connectivity index (χ4n) is 2.08. The largest absolute Gasteiger partial charge is 0.120 e. The van der Waals surface area contributed by atoms with E-state index in [4.69, 9.17) is 0 Å². The van der Waals surface area contributed by atoms with Gasteiger partial charge in [0.25, 0.3) is 0 Å². The summed E-state index contributed by atoms with van der Waals surface area (Å²) in [6, 6.07) is 25.1. The lowest BCUT2D eigenvalue weighted by Gasteiger charge is -1.97. The number of hydrogen-bond acceptors (Lipinski definition) is 0. The molecule has 0 aliphatic rings. The standard InChI is InChI=1S/C19H14/c1-2-7-16(8-3-1)9-6-10-17-13-14-18-11-4-5-12-19(18)15-17/h1-5,7-15H. The molecule has 0 heterocycles. The molecule has 0 heteroatoms. The first-order chi connectivity index (χ1) is 9.42. The van der Waals surface area contributed by atoms with Crippen LogP contribution < -0.4 is 0 Å². The zero-order valence-corrected chi connectivity index (χ0v) is 10.6. The van der Waals surface area contributed by atoms with Crippen LogP contribution in [0.25, 0.3) is 22.9 Å². The predicted octanol–water partition coefficient (Wildman–Crippen LogP) is 5.17. The van der Waals surface area contributed by atoms with Crippen molar-refractivity contribution in [1.29, 1.82) is 0 Å². The molecule has 90 valence electrons. The summed E-state index contributed by atoms with van der Waals surface area (Å²) >= 11 is 0. The summed E-state index contributed by atoms with van der Waals surface area (Å²) in [5.41, 5.74) is 5.57. The summed E-state index contributed by atoms with van der Waals surface area (Å²) in [7, 11) is 0. The highest BCUT2D eigenvalue weighted by atomic mass is 14.0. The smallest absolute Gasteiger partial charge is 0.0127 e. The summed E-state index contributed by atoms with van der Waals surface area (Å²) in [6.07, 6.45) is 4.01. The molecule has 0 aliphatic heterocycles. The Morgan fingerprint density at radius 2 is 1.26 bits per heavy atom. The van der Waals surface area contributed by atoms with E-state index in [9.17, 15) is 0 Å². The normalized spacial score (nSPS) is 9.89. The van der Waals surface area contributed by atoms with E-state index in [0.29, 0.717) is 0 Å². The Morgan fingerprint density at radius 1 is 0.579 bits per heavy atom. The second kappa shape index (κ2) is 5.39. The van der Waals surface area contributed by atoms with Gasteiger partial charge in [0.1, 0.15) is 0 Å². The minimum absolute atomic E-state index is 1.17. The summed E-state index contributed by atoms with van der Waals surface area (Å²) < 4.78 is 0. The number of benzene rings is 3. The molecule has 0 amide bonds. The molecule has 0 bridgehead atoms. The van der Waals surface area contributed by atoms with Crippen molar-refractivity contribution in [2.75, 3.05) is 0 Å². The monoisotopic (exact) mass is 242 g/mol. The van der Waals surface area contributed by atoms with E-state index in [2.05, 4.69) is 60.3 Å². The van der Waals surface area contributed by atoms with Crippen molar-refractivity contribution in [3.05, 3.63) is 89.7 Å². The van der Waals surface area contributed by atoms with Crippen LogP contribution in [0.5, 0.6) is 0 Å². The maximum atomic E-state index is 3.23. The molecule has 0 saturated heterocycles. The highest BCUT2D eigenvalue weighted by molar-refractivity contribution is 5.84. The highest BCUT2D eigenvalue weighted by Gasteiger charge is 1.92. The number of fused-ring (bicyclic) bond motifs is 1. The van der Waals surface area contributed by atoms with E-state index in [0.717, 1.165) is 0 Å². The fourth-order valence-corrected chi connectivity index (χ4v) is 2.08. The quantitative estimate of drug-likeness (QED) is 0.544. The third kappa shape index (κ3) is 2.82. The van der Waals surface area contributed by atoms with Crippen LogP contribution in [-0.4, -0.2) is 0 Å².